The zero-order chi connectivity index (χ0) is 41.0. The molecule has 19 nitrogen and oxygen atoms in total. The molecule has 56 heavy (non-hydrogen) atoms. The highest BCUT2D eigenvalue weighted by atomic mass is 31.2. The number of fused-ring (bicyclic) bond motifs is 1. The van der Waals surface area contributed by atoms with Gasteiger partial charge < -0.3 is 47.2 Å². The fourth-order valence-electron chi connectivity index (χ4n) is 6.52. The Morgan fingerprint density at radius 3 is 2.54 bits per heavy atom. The van der Waals surface area contributed by atoms with Crippen LogP contribution in [0.4, 0.5) is 0 Å². The number of nitrogens with one attached hydrogen (secondary N) is 2. The van der Waals surface area contributed by atoms with Crippen LogP contribution in [0.2, 0.25) is 0 Å². The summed E-state index contributed by atoms with van der Waals surface area (Å²) in [7, 11) is -1.81. The Labute approximate surface area is 329 Å². The average molecular weight is 826 g/mol. The molecule has 21 heteroatoms. The number of methoxy groups -OCH3 is 1. The van der Waals surface area contributed by atoms with Crippen molar-refractivity contribution in [1.29, 1.82) is 0 Å². The first-order valence-electron chi connectivity index (χ1n) is 18.7. The van der Waals surface area contributed by atoms with E-state index < -0.39 is 57.8 Å². The Kier molecular flexibility index (Phi) is 17.7. The second-order valence-electron chi connectivity index (χ2n) is 13.9. The van der Waals surface area contributed by atoms with E-state index in [0.717, 1.165) is 5.69 Å². The number of aromatic amines is 1. The normalized spacial score (nSPS) is 20.9. The topological polar surface area (TPSA) is 200 Å². The van der Waals surface area contributed by atoms with Gasteiger partial charge in [0.25, 0.3) is 14.1 Å². The number of hydrogen-bond donors (Lipinski definition) is 2. The summed E-state index contributed by atoms with van der Waals surface area (Å²) in [5, 5.41) is 3.09. The van der Waals surface area contributed by atoms with Gasteiger partial charge in [0.2, 0.25) is 13.9 Å². The Bertz CT molecular complexity index is 1890. The van der Waals surface area contributed by atoms with Crippen LogP contribution in [0, 0.1) is 13.5 Å². The molecule has 0 aliphatic carbocycles. The van der Waals surface area contributed by atoms with Gasteiger partial charge in [0.05, 0.1) is 50.7 Å². The molecule has 312 valence electrons. The van der Waals surface area contributed by atoms with E-state index in [1.165, 1.54) is 17.1 Å². The molecule has 3 aromatic rings. The fraction of sp³-hybridized carbons (Fsp3) is 0.714. The Morgan fingerprint density at radius 2 is 1.88 bits per heavy atom. The van der Waals surface area contributed by atoms with Crippen molar-refractivity contribution in [3.63, 3.8) is 0 Å². The van der Waals surface area contributed by atoms with E-state index in [2.05, 4.69) is 34.8 Å². The number of imidazole rings is 1. The van der Waals surface area contributed by atoms with Crippen molar-refractivity contribution in [1.82, 2.24) is 39.1 Å². The highest BCUT2D eigenvalue weighted by Crippen LogP contribution is 2.52. The third-order valence-corrected chi connectivity index (χ3v) is 12.8. The summed E-state index contributed by atoms with van der Waals surface area (Å²) < 4.78 is 63.4. The SMILES string of the molecule is [C-]#[N+]CCOP(O[C@H]1[C@@H](OCCOC)[C@H](n2cc(C)c(=O)[nH]c2=O)O[C@@H]1[C@@H](CP(C)(=O)OCC)OCCn1cnc2c(CNC)ncnc21)N(C(C)C)C(C)C. The van der Waals surface area contributed by atoms with Crippen molar-refractivity contribution in [2.45, 2.75) is 97.4 Å². The summed E-state index contributed by atoms with van der Waals surface area (Å²) >= 11 is 0. The van der Waals surface area contributed by atoms with Crippen LogP contribution in [0.5, 0.6) is 0 Å². The third-order valence-electron chi connectivity index (χ3n) is 8.87. The predicted octanol–water partition coefficient (Wildman–Crippen LogP) is 3.33. The minimum atomic E-state index is -3.30. The second-order valence-corrected chi connectivity index (χ2v) is 17.9. The van der Waals surface area contributed by atoms with Crippen molar-refractivity contribution < 1.29 is 37.1 Å². The second kappa shape index (κ2) is 21.7. The third kappa shape index (κ3) is 11.8. The van der Waals surface area contributed by atoms with Gasteiger partial charge in [-0.2, -0.15) is 0 Å². The fourth-order valence-corrected chi connectivity index (χ4v) is 9.88. The summed E-state index contributed by atoms with van der Waals surface area (Å²) in [5.41, 5.74) is 1.06. The van der Waals surface area contributed by atoms with Gasteiger partial charge >= 0.3 is 5.69 Å². The van der Waals surface area contributed by atoms with Crippen molar-refractivity contribution in [3.05, 3.63) is 62.4 Å². The van der Waals surface area contributed by atoms with Crippen LogP contribution in [0.3, 0.4) is 0 Å². The maximum Gasteiger partial charge on any atom is 0.330 e. The molecule has 0 radical (unpaired) electrons. The van der Waals surface area contributed by atoms with Crippen molar-refractivity contribution in [2.24, 2.45) is 0 Å². The van der Waals surface area contributed by atoms with E-state index in [4.69, 9.17) is 39.1 Å². The molecule has 0 saturated carbocycles. The van der Waals surface area contributed by atoms with Crippen LogP contribution in [-0.2, 0) is 50.2 Å². The van der Waals surface area contributed by atoms with Gasteiger partial charge in [0.1, 0.15) is 36.8 Å². The lowest BCUT2D eigenvalue weighted by Crippen LogP contribution is -2.46. The molecule has 3 aromatic heterocycles. The van der Waals surface area contributed by atoms with Crippen LogP contribution in [0.15, 0.2) is 28.4 Å². The Morgan fingerprint density at radius 1 is 1.12 bits per heavy atom. The summed E-state index contributed by atoms with van der Waals surface area (Å²) in [6.45, 7) is 22.0. The molecule has 1 saturated heterocycles. The summed E-state index contributed by atoms with van der Waals surface area (Å²) in [5.74, 6) is 0. The van der Waals surface area contributed by atoms with Crippen molar-refractivity contribution in [3.8, 4) is 0 Å². The van der Waals surface area contributed by atoms with Crippen molar-refractivity contribution in [2.75, 3.05) is 66.6 Å². The van der Waals surface area contributed by atoms with Gasteiger partial charge in [-0.15, -0.1) is 0 Å². The van der Waals surface area contributed by atoms with Gasteiger partial charge in [-0.25, -0.2) is 31.0 Å². The molecule has 7 atom stereocenters. The molecule has 0 spiro atoms. The minimum absolute atomic E-state index is 0.0359. The molecule has 1 aliphatic heterocycles. The molecular weight excluding hydrogens is 768 g/mol. The van der Waals surface area contributed by atoms with Crippen LogP contribution in [-0.4, -0.2) is 137 Å². The van der Waals surface area contributed by atoms with Gasteiger partial charge in [0, 0.05) is 50.7 Å². The lowest BCUT2D eigenvalue weighted by atomic mass is 10.1. The van der Waals surface area contributed by atoms with Gasteiger partial charge in [-0.1, -0.05) is 0 Å². The van der Waals surface area contributed by atoms with Crippen molar-refractivity contribution >= 4 is 27.1 Å². The van der Waals surface area contributed by atoms with E-state index in [-0.39, 0.29) is 63.4 Å². The number of nitrogens with zero attached hydrogens (tertiary/aromatic N) is 7. The largest absolute Gasteiger partial charge is 0.382 e. The first kappa shape index (κ1) is 45.7. The number of aromatic nitrogens is 6. The smallest absolute Gasteiger partial charge is 0.330 e. The number of ether oxygens (including phenoxy) is 4. The van der Waals surface area contributed by atoms with E-state index >= 15 is 0 Å². The van der Waals surface area contributed by atoms with E-state index in [1.54, 1.807) is 33.9 Å². The maximum absolute atomic E-state index is 14.0. The monoisotopic (exact) mass is 825 g/mol. The van der Waals surface area contributed by atoms with E-state index in [1.807, 2.05) is 39.3 Å². The van der Waals surface area contributed by atoms with Gasteiger partial charge in [-0.3, -0.25) is 18.9 Å². The summed E-state index contributed by atoms with van der Waals surface area (Å²) in [6, 6.07) is -0.0718. The molecule has 1 aliphatic rings. The first-order valence-corrected chi connectivity index (χ1v) is 22.1. The number of aryl methyl sites for hydroxylation is 1. The summed E-state index contributed by atoms with van der Waals surface area (Å²) in [4.78, 5) is 45.1. The molecule has 2 N–H and O–H groups in total. The molecule has 4 rings (SSSR count). The standard InChI is InChI=1S/C35H57N9O10P2/c1-11-52-56(10,47)20-27(49-15-13-42-22-40-28-26(18-37-8)38-21-39-32(28)42)29-30(54-55(51-14-12-36-7)44(23(2)3)24(4)5)31(50-17-16-48-9)34(53-29)43-19-25(6)33(45)41-35(43)46/h19,21-24,27,29-31,34,37H,11-18,20H2,1-6,8-10H3,(H,41,45,46)/t27-,29-,30-,31-,34-,55?,56?/m1/s1. The number of rotatable bonds is 24. The lowest BCUT2D eigenvalue weighted by molar-refractivity contribution is -0.105. The van der Waals surface area contributed by atoms with Crippen LogP contribution in [0.25, 0.3) is 16.0 Å². The highest BCUT2D eigenvalue weighted by molar-refractivity contribution is 7.58. The number of hydrogen-bond acceptors (Lipinski definition) is 15. The average Bonchev–Trinajstić information content (AvgIpc) is 3.71. The first-order chi connectivity index (χ1) is 26.8. The van der Waals surface area contributed by atoms with E-state index in [0.29, 0.717) is 24.3 Å². The number of H-pyrrole nitrogens is 1. The van der Waals surface area contributed by atoms with Crippen LogP contribution in [0.1, 0.15) is 52.1 Å². The Hall–Kier alpha value is -2.98. The molecule has 0 aromatic carbocycles. The van der Waals surface area contributed by atoms with E-state index in [9.17, 15) is 14.2 Å². The lowest BCUT2D eigenvalue weighted by Gasteiger charge is -2.39. The summed E-state index contributed by atoms with van der Waals surface area (Å²) in [6.07, 6.45) is -0.563. The quantitative estimate of drug-likeness (QED) is 0.0757. The van der Waals surface area contributed by atoms with Gasteiger partial charge in [-0.05, 0) is 48.6 Å². The maximum atomic E-state index is 14.0. The highest BCUT2D eigenvalue weighted by Gasteiger charge is 2.54. The zero-order valence-corrected chi connectivity index (χ0v) is 35.5. The zero-order valence-electron chi connectivity index (χ0n) is 33.7. The molecule has 1 fully saturated rings. The molecular formula is C35H57N9O10P2. The molecule has 0 amide bonds. The minimum Gasteiger partial charge on any atom is -0.382 e. The van der Waals surface area contributed by atoms with Gasteiger partial charge in [0.15, 0.2) is 11.9 Å². The predicted molar refractivity (Wildman–Crippen MR) is 211 cm³/mol. The Balaban J connectivity index is 1.82. The van der Waals surface area contributed by atoms with Crippen LogP contribution < -0.4 is 16.6 Å². The molecule has 0 bridgehead atoms. The molecule has 2 unspecified atom stereocenters. The van der Waals surface area contributed by atoms with Crippen LogP contribution >= 0.6 is 15.9 Å². The molecule has 4 heterocycles.